The maximum atomic E-state index is 12.6. The summed E-state index contributed by atoms with van der Waals surface area (Å²) in [6, 6.07) is 3.42. The fraction of sp³-hybridized carbons (Fsp3) is 0.375. The Morgan fingerprint density at radius 3 is 2.88 bits per heavy atom. The summed E-state index contributed by atoms with van der Waals surface area (Å²) in [6.45, 7) is 1.06. The highest BCUT2D eigenvalue weighted by Gasteiger charge is 2.30. The first kappa shape index (κ1) is 16.0. The first-order chi connectivity index (χ1) is 11.7. The van der Waals surface area contributed by atoms with Crippen LogP contribution in [0.5, 0.6) is 17.6 Å². The molecule has 1 fully saturated rings. The zero-order valence-electron chi connectivity index (χ0n) is 13.5. The maximum absolute atomic E-state index is 12.6. The number of rotatable bonds is 5. The van der Waals surface area contributed by atoms with Crippen molar-refractivity contribution in [3.05, 3.63) is 36.3 Å². The SMILES string of the molecule is COc1cncc(OC2CCN(C(=O)c3cccnc3OC)C2)n1. The summed E-state index contributed by atoms with van der Waals surface area (Å²) < 4.78 is 16.0. The van der Waals surface area contributed by atoms with Crippen LogP contribution in [0.2, 0.25) is 0 Å². The summed E-state index contributed by atoms with van der Waals surface area (Å²) >= 11 is 0. The average molecular weight is 330 g/mol. The van der Waals surface area contributed by atoms with Crippen LogP contribution in [0.15, 0.2) is 30.7 Å². The number of pyridine rings is 1. The van der Waals surface area contributed by atoms with Crippen molar-refractivity contribution in [2.75, 3.05) is 27.3 Å². The fourth-order valence-electron chi connectivity index (χ4n) is 2.55. The van der Waals surface area contributed by atoms with Crippen LogP contribution in [-0.4, -0.2) is 59.2 Å². The first-order valence-electron chi connectivity index (χ1n) is 7.52. The number of amides is 1. The van der Waals surface area contributed by atoms with Gasteiger partial charge in [-0.25, -0.2) is 4.98 Å². The Bertz CT molecular complexity index is 725. The van der Waals surface area contributed by atoms with Crippen LogP contribution in [-0.2, 0) is 0 Å². The van der Waals surface area contributed by atoms with E-state index in [-0.39, 0.29) is 12.0 Å². The van der Waals surface area contributed by atoms with Gasteiger partial charge in [-0.3, -0.25) is 9.78 Å². The lowest BCUT2D eigenvalue weighted by Gasteiger charge is -2.17. The van der Waals surface area contributed by atoms with E-state index in [2.05, 4.69) is 15.0 Å². The van der Waals surface area contributed by atoms with E-state index in [4.69, 9.17) is 14.2 Å². The van der Waals surface area contributed by atoms with Crippen molar-refractivity contribution in [2.45, 2.75) is 12.5 Å². The largest absolute Gasteiger partial charge is 0.480 e. The number of carbonyl (C=O) groups excluding carboxylic acids is 1. The normalized spacial score (nSPS) is 16.8. The van der Waals surface area contributed by atoms with Crippen molar-refractivity contribution < 1.29 is 19.0 Å². The van der Waals surface area contributed by atoms with Crippen molar-refractivity contribution in [3.63, 3.8) is 0 Å². The lowest BCUT2D eigenvalue weighted by Crippen LogP contribution is -2.31. The van der Waals surface area contributed by atoms with Gasteiger partial charge < -0.3 is 19.1 Å². The predicted molar refractivity (Wildman–Crippen MR) is 84.3 cm³/mol. The van der Waals surface area contributed by atoms with Crippen LogP contribution >= 0.6 is 0 Å². The van der Waals surface area contributed by atoms with Gasteiger partial charge in [0.05, 0.1) is 33.2 Å². The number of carbonyl (C=O) groups is 1. The molecule has 0 saturated carbocycles. The molecule has 126 valence electrons. The minimum absolute atomic E-state index is 0.122. The molecule has 1 saturated heterocycles. The summed E-state index contributed by atoms with van der Waals surface area (Å²) in [5, 5.41) is 0. The van der Waals surface area contributed by atoms with Crippen molar-refractivity contribution in [1.29, 1.82) is 0 Å². The quantitative estimate of drug-likeness (QED) is 0.813. The molecular weight excluding hydrogens is 312 g/mol. The number of likely N-dealkylation sites (tertiary alicyclic amines) is 1. The number of nitrogens with zero attached hydrogens (tertiary/aromatic N) is 4. The molecule has 0 spiro atoms. The second kappa shape index (κ2) is 7.12. The Morgan fingerprint density at radius 2 is 2.08 bits per heavy atom. The van der Waals surface area contributed by atoms with Gasteiger partial charge in [0.15, 0.2) is 0 Å². The summed E-state index contributed by atoms with van der Waals surface area (Å²) in [7, 11) is 3.02. The summed E-state index contributed by atoms with van der Waals surface area (Å²) in [5.41, 5.74) is 0.446. The van der Waals surface area contributed by atoms with Gasteiger partial charge in [0.1, 0.15) is 11.7 Å². The topological polar surface area (TPSA) is 86.7 Å². The minimum atomic E-state index is -0.141. The molecule has 1 aliphatic rings. The molecule has 1 unspecified atom stereocenters. The molecule has 1 amide bonds. The third kappa shape index (κ3) is 3.37. The van der Waals surface area contributed by atoms with E-state index in [1.165, 1.54) is 26.6 Å². The molecule has 0 aromatic carbocycles. The Balaban J connectivity index is 1.65. The molecule has 0 bridgehead atoms. The number of methoxy groups -OCH3 is 2. The number of hydrogen-bond donors (Lipinski definition) is 0. The number of aromatic nitrogens is 3. The van der Waals surface area contributed by atoms with Gasteiger partial charge in [0.25, 0.3) is 5.91 Å². The molecule has 1 atom stereocenters. The third-order valence-corrected chi connectivity index (χ3v) is 3.71. The van der Waals surface area contributed by atoms with Crippen molar-refractivity contribution in [3.8, 4) is 17.6 Å². The van der Waals surface area contributed by atoms with Gasteiger partial charge in [0, 0.05) is 19.2 Å². The van der Waals surface area contributed by atoms with Gasteiger partial charge in [-0.2, -0.15) is 4.98 Å². The maximum Gasteiger partial charge on any atom is 0.259 e. The van der Waals surface area contributed by atoms with Gasteiger partial charge in [0.2, 0.25) is 17.6 Å². The van der Waals surface area contributed by atoms with Gasteiger partial charge in [-0.1, -0.05) is 0 Å². The molecule has 8 heteroatoms. The van der Waals surface area contributed by atoms with Crippen molar-refractivity contribution >= 4 is 5.91 Å². The van der Waals surface area contributed by atoms with Crippen LogP contribution in [0.25, 0.3) is 0 Å². The van der Waals surface area contributed by atoms with E-state index in [1.54, 1.807) is 23.2 Å². The van der Waals surface area contributed by atoms with Crippen LogP contribution in [0.3, 0.4) is 0 Å². The molecule has 8 nitrogen and oxygen atoms in total. The Kier molecular flexibility index (Phi) is 4.74. The van der Waals surface area contributed by atoms with E-state index in [0.29, 0.717) is 42.7 Å². The smallest absolute Gasteiger partial charge is 0.259 e. The first-order valence-corrected chi connectivity index (χ1v) is 7.52. The van der Waals surface area contributed by atoms with Crippen LogP contribution in [0, 0.1) is 0 Å². The molecule has 3 rings (SSSR count). The summed E-state index contributed by atoms with van der Waals surface area (Å²) in [6.07, 6.45) is 5.20. The average Bonchev–Trinajstić information content (AvgIpc) is 3.09. The highest BCUT2D eigenvalue weighted by molar-refractivity contribution is 5.96. The van der Waals surface area contributed by atoms with Crippen LogP contribution < -0.4 is 14.2 Å². The van der Waals surface area contributed by atoms with Crippen molar-refractivity contribution in [2.24, 2.45) is 0 Å². The highest BCUT2D eigenvalue weighted by Crippen LogP contribution is 2.22. The summed E-state index contributed by atoms with van der Waals surface area (Å²) in [4.78, 5) is 26.6. The molecule has 0 N–H and O–H groups in total. The molecule has 2 aromatic heterocycles. The predicted octanol–water partition coefficient (Wildman–Crippen LogP) is 1.18. The second-order valence-corrected chi connectivity index (χ2v) is 5.24. The molecular formula is C16H18N4O4. The zero-order chi connectivity index (χ0) is 16.9. The lowest BCUT2D eigenvalue weighted by atomic mass is 10.2. The minimum Gasteiger partial charge on any atom is -0.480 e. The number of hydrogen-bond acceptors (Lipinski definition) is 7. The highest BCUT2D eigenvalue weighted by atomic mass is 16.5. The third-order valence-electron chi connectivity index (χ3n) is 3.71. The van der Waals surface area contributed by atoms with E-state index in [9.17, 15) is 4.79 Å². The molecule has 1 aliphatic heterocycles. The Morgan fingerprint density at radius 1 is 1.25 bits per heavy atom. The molecule has 3 heterocycles. The fourth-order valence-corrected chi connectivity index (χ4v) is 2.55. The van der Waals surface area contributed by atoms with Crippen LogP contribution in [0.1, 0.15) is 16.8 Å². The summed E-state index contributed by atoms with van der Waals surface area (Å²) in [5.74, 6) is 0.972. The Labute approximate surface area is 139 Å². The van der Waals surface area contributed by atoms with Gasteiger partial charge in [-0.15, -0.1) is 0 Å². The van der Waals surface area contributed by atoms with Crippen molar-refractivity contribution in [1.82, 2.24) is 19.9 Å². The molecule has 0 aliphatic carbocycles. The second-order valence-electron chi connectivity index (χ2n) is 5.24. The van der Waals surface area contributed by atoms with E-state index < -0.39 is 0 Å². The zero-order valence-corrected chi connectivity index (χ0v) is 13.5. The molecule has 0 radical (unpaired) electrons. The Hall–Kier alpha value is -2.90. The van der Waals surface area contributed by atoms with E-state index in [1.807, 2.05) is 0 Å². The van der Waals surface area contributed by atoms with E-state index >= 15 is 0 Å². The molecule has 2 aromatic rings. The van der Waals surface area contributed by atoms with Gasteiger partial charge in [-0.05, 0) is 12.1 Å². The lowest BCUT2D eigenvalue weighted by molar-refractivity contribution is 0.0766. The molecule has 24 heavy (non-hydrogen) atoms. The standard InChI is InChI=1S/C16H18N4O4/c1-22-13-8-17-9-14(19-13)24-11-5-7-20(10-11)16(21)12-4-3-6-18-15(12)23-2/h3-4,6,8-9,11H,5,7,10H2,1-2H3. The number of ether oxygens (including phenoxy) is 3. The van der Waals surface area contributed by atoms with Gasteiger partial charge >= 0.3 is 0 Å². The monoisotopic (exact) mass is 330 g/mol. The van der Waals surface area contributed by atoms with Crippen LogP contribution in [0.4, 0.5) is 0 Å². The van der Waals surface area contributed by atoms with E-state index in [0.717, 1.165) is 0 Å².